The highest BCUT2D eigenvalue weighted by Gasteiger charge is 2.04. The van der Waals surface area contributed by atoms with Crippen molar-refractivity contribution in [1.29, 1.82) is 0 Å². The van der Waals surface area contributed by atoms with E-state index in [1.807, 2.05) is 0 Å². The molecule has 0 heterocycles. The smallest absolute Gasteiger partial charge is 0.201 e. The highest BCUT2D eigenvalue weighted by Crippen LogP contribution is 2.12. The zero-order valence-corrected chi connectivity index (χ0v) is 13.8. The summed E-state index contributed by atoms with van der Waals surface area (Å²) in [5.41, 5.74) is 0. The quantitative estimate of drug-likeness (QED) is 0.251. The van der Waals surface area contributed by atoms with Gasteiger partial charge in [0.2, 0.25) is 6.29 Å². The Labute approximate surface area is 127 Å². The van der Waals surface area contributed by atoms with Gasteiger partial charge in [0.15, 0.2) is 0 Å². The maximum atomic E-state index is 10.7. The zero-order valence-electron chi connectivity index (χ0n) is 13.8. The zero-order chi connectivity index (χ0) is 14.9. The number of hydrogen-bond acceptors (Lipinski definition) is 1. The highest BCUT2D eigenvalue weighted by atomic mass is 16.1. The van der Waals surface area contributed by atoms with Crippen molar-refractivity contribution >= 4 is 6.29 Å². The first-order valence-corrected chi connectivity index (χ1v) is 8.87. The molecule has 1 heteroatoms. The van der Waals surface area contributed by atoms with Crippen LogP contribution in [0.1, 0.15) is 97.3 Å². The van der Waals surface area contributed by atoms with Gasteiger partial charge >= 0.3 is 0 Å². The summed E-state index contributed by atoms with van der Waals surface area (Å²) >= 11 is 0. The van der Waals surface area contributed by atoms with Crippen LogP contribution < -0.4 is 0 Å². The summed E-state index contributed by atoms with van der Waals surface area (Å²) in [5, 5.41) is 0. The minimum Gasteiger partial charge on any atom is -0.291 e. The van der Waals surface area contributed by atoms with Crippen LogP contribution in [0.4, 0.5) is 0 Å². The summed E-state index contributed by atoms with van der Waals surface area (Å²) in [5.74, 6) is 0.160. The van der Waals surface area contributed by atoms with Crippen molar-refractivity contribution in [3.63, 3.8) is 0 Å². The Morgan fingerprint density at radius 1 is 0.750 bits per heavy atom. The second-order valence-electron chi connectivity index (χ2n) is 5.92. The summed E-state index contributed by atoms with van der Waals surface area (Å²) in [4.78, 5) is 10.7. The number of carbonyl (C=O) groups excluding carboxylic acids is 1. The molecule has 0 spiro atoms. The molecule has 0 bridgehead atoms. The Morgan fingerprint density at radius 2 is 1.35 bits per heavy atom. The fourth-order valence-corrected chi connectivity index (χ4v) is 2.54. The van der Waals surface area contributed by atoms with Gasteiger partial charge in [0.25, 0.3) is 0 Å². The Morgan fingerprint density at radius 3 is 1.95 bits per heavy atom. The largest absolute Gasteiger partial charge is 0.291 e. The van der Waals surface area contributed by atoms with Crippen LogP contribution in [0.25, 0.3) is 0 Å². The maximum absolute atomic E-state index is 10.7. The SMILES string of the molecule is CCCCCCCCCC/C=C/CCC([C]=O)CCC. The van der Waals surface area contributed by atoms with Gasteiger partial charge in [-0.05, 0) is 32.1 Å². The third-order valence-corrected chi connectivity index (χ3v) is 3.88. The van der Waals surface area contributed by atoms with Crippen molar-refractivity contribution in [2.45, 2.75) is 97.3 Å². The molecule has 1 nitrogen and oxygen atoms in total. The molecular weight excluding hydrogens is 244 g/mol. The van der Waals surface area contributed by atoms with Crippen molar-refractivity contribution < 1.29 is 4.79 Å². The van der Waals surface area contributed by atoms with Gasteiger partial charge < -0.3 is 0 Å². The van der Waals surface area contributed by atoms with Crippen LogP contribution in [0.2, 0.25) is 0 Å². The van der Waals surface area contributed by atoms with Gasteiger partial charge in [0, 0.05) is 5.92 Å². The van der Waals surface area contributed by atoms with Crippen molar-refractivity contribution in [2.75, 3.05) is 0 Å². The van der Waals surface area contributed by atoms with E-state index in [1.54, 1.807) is 0 Å². The number of rotatable bonds is 15. The lowest BCUT2D eigenvalue weighted by molar-refractivity contribution is 0.488. The standard InChI is InChI=1S/C19H35O/c1-3-5-6-7-8-9-10-11-12-13-14-15-17-19(18-20)16-4-2/h13-14,19H,3-12,15-17H2,1-2H3/b14-13+. The molecule has 0 N–H and O–H groups in total. The molecule has 0 fully saturated rings. The van der Waals surface area contributed by atoms with E-state index in [2.05, 4.69) is 32.3 Å². The summed E-state index contributed by atoms with van der Waals surface area (Å²) in [6.07, 6.45) is 23.1. The van der Waals surface area contributed by atoms with Crippen molar-refractivity contribution in [1.82, 2.24) is 0 Å². The second kappa shape index (κ2) is 16.5. The molecule has 117 valence electrons. The van der Waals surface area contributed by atoms with E-state index in [-0.39, 0.29) is 5.92 Å². The molecule has 0 aliphatic rings. The predicted molar refractivity (Wildman–Crippen MR) is 89.7 cm³/mol. The fourth-order valence-electron chi connectivity index (χ4n) is 2.54. The summed E-state index contributed by atoms with van der Waals surface area (Å²) in [6, 6.07) is 0. The highest BCUT2D eigenvalue weighted by molar-refractivity contribution is 5.54. The molecular formula is C19H35O. The Kier molecular flexibility index (Phi) is 16.0. The van der Waals surface area contributed by atoms with Gasteiger partial charge in [-0.3, -0.25) is 4.79 Å². The van der Waals surface area contributed by atoms with Crippen LogP contribution >= 0.6 is 0 Å². The molecule has 0 aromatic heterocycles. The average molecular weight is 279 g/mol. The van der Waals surface area contributed by atoms with E-state index in [0.29, 0.717) is 0 Å². The Balaban J connectivity index is 3.25. The molecule has 0 amide bonds. The lowest BCUT2D eigenvalue weighted by Gasteiger charge is -2.04. The molecule has 0 saturated heterocycles. The number of allylic oxidation sites excluding steroid dienone is 2. The van der Waals surface area contributed by atoms with Crippen LogP contribution in [-0.2, 0) is 4.79 Å². The predicted octanol–water partition coefficient (Wildman–Crippen LogP) is 6.38. The molecule has 0 aromatic carbocycles. The third kappa shape index (κ3) is 13.8. The summed E-state index contributed by atoms with van der Waals surface area (Å²) < 4.78 is 0. The van der Waals surface area contributed by atoms with E-state index < -0.39 is 0 Å². The fraction of sp³-hybridized carbons (Fsp3) is 0.842. The van der Waals surface area contributed by atoms with Gasteiger partial charge in [-0.15, -0.1) is 0 Å². The van der Waals surface area contributed by atoms with Crippen LogP contribution in [0, 0.1) is 5.92 Å². The Bertz CT molecular complexity index is 220. The normalized spacial score (nSPS) is 12.9. The number of hydrogen-bond donors (Lipinski definition) is 0. The lowest BCUT2D eigenvalue weighted by atomic mass is 9.99. The van der Waals surface area contributed by atoms with Crippen LogP contribution in [0.5, 0.6) is 0 Å². The average Bonchev–Trinajstić information content (AvgIpc) is 2.47. The van der Waals surface area contributed by atoms with Gasteiger partial charge in [0.1, 0.15) is 0 Å². The molecule has 1 radical (unpaired) electrons. The molecule has 0 aliphatic carbocycles. The molecule has 0 rings (SSSR count). The molecule has 20 heavy (non-hydrogen) atoms. The van der Waals surface area contributed by atoms with E-state index in [4.69, 9.17) is 0 Å². The second-order valence-corrected chi connectivity index (χ2v) is 5.92. The minimum atomic E-state index is 0.160. The molecule has 0 aliphatic heterocycles. The molecule has 1 atom stereocenters. The van der Waals surface area contributed by atoms with E-state index in [0.717, 1.165) is 25.7 Å². The van der Waals surface area contributed by atoms with Crippen LogP contribution in [0.15, 0.2) is 12.2 Å². The van der Waals surface area contributed by atoms with Crippen LogP contribution in [0.3, 0.4) is 0 Å². The van der Waals surface area contributed by atoms with Gasteiger partial charge in [-0.1, -0.05) is 77.4 Å². The topological polar surface area (TPSA) is 17.1 Å². The van der Waals surface area contributed by atoms with Crippen molar-refractivity contribution in [2.24, 2.45) is 5.92 Å². The molecule has 1 unspecified atom stereocenters. The first-order chi connectivity index (χ1) is 9.85. The van der Waals surface area contributed by atoms with Gasteiger partial charge in [0.05, 0.1) is 0 Å². The Hall–Kier alpha value is -0.590. The van der Waals surface area contributed by atoms with Crippen LogP contribution in [-0.4, -0.2) is 6.29 Å². The first kappa shape index (κ1) is 19.4. The summed E-state index contributed by atoms with van der Waals surface area (Å²) in [7, 11) is 0. The van der Waals surface area contributed by atoms with Crippen molar-refractivity contribution in [3.05, 3.63) is 12.2 Å². The number of unbranched alkanes of at least 4 members (excludes halogenated alkanes) is 8. The van der Waals surface area contributed by atoms with E-state index in [1.165, 1.54) is 57.8 Å². The monoisotopic (exact) mass is 279 g/mol. The van der Waals surface area contributed by atoms with Gasteiger partial charge in [-0.25, -0.2) is 0 Å². The van der Waals surface area contributed by atoms with E-state index >= 15 is 0 Å². The minimum absolute atomic E-state index is 0.160. The molecule has 0 aromatic rings. The maximum Gasteiger partial charge on any atom is 0.201 e. The molecule has 0 saturated carbocycles. The third-order valence-electron chi connectivity index (χ3n) is 3.88. The first-order valence-electron chi connectivity index (χ1n) is 8.87. The van der Waals surface area contributed by atoms with Crippen molar-refractivity contribution in [3.8, 4) is 0 Å². The van der Waals surface area contributed by atoms with E-state index in [9.17, 15) is 4.79 Å². The summed E-state index contributed by atoms with van der Waals surface area (Å²) in [6.45, 7) is 4.40. The lowest BCUT2D eigenvalue weighted by Crippen LogP contribution is -2.00. The van der Waals surface area contributed by atoms with Gasteiger partial charge in [-0.2, -0.15) is 0 Å².